The van der Waals surface area contributed by atoms with E-state index in [-0.39, 0.29) is 105 Å². The van der Waals surface area contributed by atoms with Gasteiger partial charge < -0.3 is 23.5 Å². The van der Waals surface area contributed by atoms with Crippen LogP contribution in [0.4, 0.5) is 0 Å². The third kappa shape index (κ3) is 45.9. The molecule has 0 rings (SSSR count). The summed E-state index contributed by atoms with van der Waals surface area (Å²) in [4.78, 5) is 29.3. The van der Waals surface area contributed by atoms with Crippen LogP contribution >= 0.6 is 0 Å². The fourth-order valence-electron chi connectivity index (χ4n) is 0. The van der Waals surface area contributed by atoms with E-state index in [2.05, 4.69) is 0 Å². The van der Waals surface area contributed by atoms with Crippen LogP contribution in [-0.2, 0) is 0 Å². The normalized spacial score (nSPS) is 8.57. The maximum atomic E-state index is 7.33. The maximum absolute atomic E-state index is 7.33. The van der Waals surface area contributed by atoms with Crippen LogP contribution in [-0.4, -0.2) is 77.1 Å². The third-order valence-electron chi connectivity index (χ3n) is 0. The van der Waals surface area contributed by atoms with E-state index in [0.717, 1.165) is 0 Å². The molecular weight excluding hydrogens is 269 g/mol. The predicted octanol–water partition coefficient (Wildman–Crippen LogP) is -5.65. The quantitative estimate of drug-likeness (QED) is 0.332. The van der Waals surface area contributed by atoms with Gasteiger partial charge in [-0.2, -0.15) is 0 Å². The van der Waals surface area contributed by atoms with E-state index in [1.807, 2.05) is 0 Å². The van der Waals surface area contributed by atoms with Crippen molar-refractivity contribution in [3.63, 3.8) is 0 Å². The maximum Gasteiger partial charge on any atom is 2.00 e. The monoisotopic (exact) mass is 276 g/mol. The van der Waals surface area contributed by atoms with Crippen LogP contribution in [0.2, 0.25) is 0 Å². The van der Waals surface area contributed by atoms with Crippen molar-refractivity contribution < 1.29 is 74.8 Å². The van der Waals surface area contributed by atoms with Crippen molar-refractivity contribution >= 4 is 57.9 Å². The molecule has 38 valence electrons. The van der Waals surface area contributed by atoms with Gasteiger partial charge >= 0.3 is 109 Å². The molecular formula is H7BaKO4Si. The molecule has 7 heteroatoms. The van der Waals surface area contributed by atoms with Gasteiger partial charge in [0.15, 0.2) is 0 Å². The second-order valence-electron chi connectivity index (χ2n) is 0.600. The van der Waals surface area contributed by atoms with Gasteiger partial charge in [-0.25, -0.2) is 0 Å². The Morgan fingerprint density at radius 3 is 1.00 bits per heavy atom. The second kappa shape index (κ2) is 7.37. The molecule has 4 N–H and O–H groups in total. The van der Waals surface area contributed by atoms with Crippen molar-refractivity contribution in [2.45, 2.75) is 0 Å². The zero-order valence-corrected chi connectivity index (χ0v) is 12.6. The molecule has 0 spiro atoms. The Bertz CT molecular complexity index is 36.0. The average Bonchev–Trinajstić information content (AvgIpc) is 0.722. The van der Waals surface area contributed by atoms with Gasteiger partial charge in [-0.05, 0) is 0 Å². The summed E-state index contributed by atoms with van der Waals surface area (Å²) in [5, 5.41) is 0. The molecule has 0 aromatic rings. The molecule has 0 heterocycles. The van der Waals surface area contributed by atoms with Crippen molar-refractivity contribution in [2.75, 3.05) is 0 Å². The zero-order chi connectivity index (χ0) is 4.50. The van der Waals surface area contributed by atoms with Gasteiger partial charge in [0.2, 0.25) is 0 Å². The molecule has 0 unspecified atom stereocenters. The molecule has 4 nitrogen and oxygen atoms in total. The molecule has 0 aromatic carbocycles. The molecule has 0 aliphatic rings. The molecule has 0 atom stereocenters. The van der Waals surface area contributed by atoms with Crippen LogP contribution in [0.3, 0.4) is 0 Å². The van der Waals surface area contributed by atoms with Crippen LogP contribution in [0.15, 0.2) is 0 Å². The largest absolute Gasteiger partial charge is 2.00 e. The van der Waals surface area contributed by atoms with E-state index < -0.39 is 9.05 Å². The van der Waals surface area contributed by atoms with E-state index in [1.165, 1.54) is 0 Å². The first-order chi connectivity index (χ1) is 2.00. The van der Waals surface area contributed by atoms with Crippen molar-refractivity contribution in [1.82, 2.24) is 0 Å². The standard InChI is InChI=1S/Ba.K.H4O4Si.3H/c;;1-5(2,3)4;;;/h;;1-4H;;;/q+2;+1;;3*-1. The van der Waals surface area contributed by atoms with E-state index in [4.69, 9.17) is 19.2 Å². The van der Waals surface area contributed by atoms with Gasteiger partial charge in [0.05, 0.1) is 0 Å². The number of hydrogen-bond donors (Lipinski definition) is 4. The molecule has 0 aliphatic carbocycles. The Hall–Kier alpha value is 3.26. The summed E-state index contributed by atoms with van der Waals surface area (Å²) in [5.74, 6) is 0. The van der Waals surface area contributed by atoms with Crippen molar-refractivity contribution in [2.24, 2.45) is 0 Å². The number of rotatable bonds is 0. The third-order valence-corrected chi connectivity index (χ3v) is 0. The number of hydrogen-bond acceptors (Lipinski definition) is 4. The van der Waals surface area contributed by atoms with Crippen molar-refractivity contribution in [3.8, 4) is 0 Å². The van der Waals surface area contributed by atoms with E-state index in [9.17, 15) is 0 Å². The van der Waals surface area contributed by atoms with Crippen molar-refractivity contribution in [3.05, 3.63) is 0 Å². The molecule has 0 saturated carbocycles. The first-order valence-electron chi connectivity index (χ1n) is 0.894. The summed E-state index contributed by atoms with van der Waals surface area (Å²) in [6.45, 7) is 0. The molecule has 0 bridgehead atoms. The Kier molecular flexibility index (Phi) is 17.6. The van der Waals surface area contributed by atoms with Gasteiger partial charge in [-0.3, -0.25) is 0 Å². The summed E-state index contributed by atoms with van der Waals surface area (Å²) in [6, 6.07) is 0. The topological polar surface area (TPSA) is 80.9 Å². The van der Waals surface area contributed by atoms with Gasteiger partial charge in [-0.1, -0.05) is 0 Å². The van der Waals surface area contributed by atoms with Crippen LogP contribution in [0.1, 0.15) is 4.28 Å². The molecule has 0 aromatic heterocycles. The molecule has 0 saturated heterocycles. The first kappa shape index (κ1) is 16.7. The van der Waals surface area contributed by atoms with E-state index >= 15 is 0 Å². The summed E-state index contributed by atoms with van der Waals surface area (Å²) in [6.07, 6.45) is 0. The summed E-state index contributed by atoms with van der Waals surface area (Å²) in [5.41, 5.74) is 0. The van der Waals surface area contributed by atoms with Crippen LogP contribution in [0.25, 0.3) is 0 Å². The minimum absolute atomic E-state index is 0. The molecule has 0 radical (unpaired) electrons. The minimum atomic E-state index is -4.61. The van der Waals surface area contributed by atoms with Gasteiger partial charge in [0, 0.05) is 0 Å². The Labute approximate surface area is 129 Å². The molecule has 7 heavy (non-hydrogen) atoms. The van der Waals surface area contributed by atoms with E-state index in [1.54, 1.807) is 0 Å². The average molecular weight is 276 g/mol. The van der Waals surface area contributed by atoms with Crippen LogP contribution < -0.4 is 51.4 Å². The fourth-order valence-corrected chi connectivity index (χ4v) is 0. The summed E-state index contributed by atoms with van der Waals surface area (Å²) < 4.78 is 0. The van der Waals surface area contributed by atoms with Gasteiger partial charge in [0.25, 0.3) is 0 Å². The Morgan fingerprint density at radius 1 is 1.00 bits per heavy atom. The van der Waals surface area contributed by atoms with Gasteiger partial charge in [0.1, 0.15) is 0 Å². The molecule has 0 aliphatic heterocycles. The predicted molar refractivity (Wildman–Crippen MR) is 23.7 cm³/mol. The zero-order valence-electron chi connectivity index (χ0n) is 7.00. The summed E-state index contributed by atoms with van der Waals surface area (Å²) >= 11 is 0. The van der Waals surface area contributed by atoms with E-state index in [0.29, 0.717) is 0 Å². The van der Waals surface area contributed by atoms with Crippen LogP contribution in [0, 0.1) is 0 Å². The smallest absolute Gasteiger partial charge is 1.00 e. The molecule has 0 fully saturated rings. The van der Waals surface area contributed by atoms with Crippen molar-refractivity contribution in [1.29, 1.82) is 0 Å². The SMILES string of the molecule is O[Si](O)(O)O.[Ba+2].[H-].[H-].[H-].[K+]. The Morgan fingerprint density at radius 2 is 1.00 bits per heavy atom. The molecule has 0 amide bonds. The Balaban J connectivity index is -0.00000000800. The van der Waals surface area contributed by atoms with Crippen LogP contribution in [0.5, 0.6) is 0 Å². The fraction of sp³-hybridized carbons (Fsp3) is 0. The summed E-state index contributed by atoms with van der Waals surface area (Å²) in [7, 11) is -4.61. The minimum Gasteiger partial charge on any atom is -1.00 e. The second-order valence-corrected chi connectivity index (χ2v) is 1.80. The first-order valence-corrected chi connectivity index (χ1v) is 2.68. The van der Waals surface area contributed by atoms with Gasteiger partial charge in [-0.15, -0.1) is 0 Å².